The Morgan fingerprint density at radius 2 is 2.06 bits per heavy atom. The Morgan fingerprint density at radius 3 is 2.71 bits per heavy atom. The topological polar surface area (TPSA) is 61.4 Å². The molecule has 96 valence electrons. The number of amides is 2. The van der Waals surface area contributed by atoms with Crippen LogP contribution in [0.2, 0.25) is 0 Å². The maximum Gasteiger partial charge on any atom is 0.242 e. The van der Waals surface area contributed by atoms with E-state index in [4.69, 9.17) is 0 Å². The van der Waals surface area contributed by atoms with Gasteiger partial charge in [-0.05, 0) is 32.4 Å². The summed E-state index contributed by atoms with van der Waals surface area (Å²) >= 11 is 0. The average molecular weight is 239 g/mol. The van der Waals surface area contributed by atoms with Crippen LogP contribution in [0.4, 0.5) is 0 Å². The molecule has 0 aliphatic carbocycles. The summed E-state index contributed by atoms with van der Waals surface area (Å²) in [7, 11) is 0. The Labute approximate surface area is 102 Å². The van der Waals surface area contributed by atoms with Crippen LogP contribution in [0.5, 0.6) is 0 Å². The first-order chi connectivity index (χ1) is 8.24. The quantitative estimate of drug-likeness (QED) is 0.697. The Morgan fingerprint density at radius 1 is 1.35 bits per heavy atom. The van der Waals surface area contributed by atoms with E-state index in [1.165, 1.54) is 0 Å². The molecule has 2 amide bonds. The second-order valence-corrected chi connectivity index (χ2v) is 4.77. The van der Waals surface area contributed by atoms with Crippen LogP contribution in [-0.2, 0) is 9.59 Å². The predicted molar refractivity (Wildman–Crippen MR) is 64.4 cm³/mol. The molecular weight excluding hydrogens is 218 g/mol. The highest BCUT2D eigenvalue weighted by Gasteiger charge is 2.35. The smallest absolute Gasteiger partial charge is 0.242 e. The molecular formula is C12H21N3O2. The highest BCUT2D eigenvalue weighted by Crippen LogP contribution is 2.19. The zero-order valence-electron chi connectivity index (χ0n) is 10.4. The summed E-state index contributed by atoms with van der Waals surface area (Å²) in [4.78, 5) is 25.9. The lowest BCUT2D eigenvalue weighted by atomic mass is 9.95. The minimum Gasteiger partial charge on any atom is -0.353 e. The number of carbonyl (C=O) groups excluding carboxylic acids is 2. The third-order valence-electron chi connectivity index (χ3n) is 3.69. The van der Waals surface area contributed by atoms with Crippen molar-refractivity contribution in [3.05, 3.63) is 0 Å². The molecule has 2 fully saturated rings. The number of rotatable bonds is 2. The fourth-order valence-corrected chi connectivity index (χ4v) is 2.69. The van der Waals surface area contributed by atoms with E-state index in [-0.39, 0.29) is 23.8 Å². The van der Waals surface area contributed by atoms with Crippen LogP contribution in [0.25, 0.3) is 0 Å². The van der Waals surface area contributed by atoms with Crippen LogP contribution in [0, 0.1) is 5.92 Å². The molecule has 2 aliphatic rings. The minimum absolute atomic E-state index is 0.000958. The maximum atomic E-state index is 12.4. The van der Waals surface area contributed by atoms with E-state index in [1.54, 1.807) is 4.90 Å². The van der Waals surface area contributed by atoms with Gasteiger partial charge >= 0.3 is 0 Å². The minimum atomic E-state index is -0.258. The Bertz CT molecular complexity index is 300. The molecule has 5 heteroatoms. The van der Waals surface area contributed by atoms with E-state index < -0.39 is 0 Å². The van der Waals surface area contributed by atoms with Gasteiger partial charge in [0.2, 0.25) is 11.8 Å². The summed E-state index contributed by atoms with van der Waals surface area (Å²) in [6, 6.07) is -0.258. The van der Waals surface area contributed by atoms with Gasteiger partial charge in [0.1, 0.15) is 6.04 Å². The van der Waals surface area contributed by atoms with Gasteiger partial charge in [-0.15, -0.1) is 0 Å². The molecule has 2 rings (SSSR count). The van der Waals surface area contributed by atoms with Gasteiger partial charge in [0.15, 0.2) is 0 Å². The van der Waals surface area contributed by atoms with Crippen molar-refractivity contribution in [3.63, 3.8) is 0 Å². The van der Waals surface area contributed by atoms with Crippen LogP contribution in [0.1, 0.15) is 26.2 Å². The number of nitrogens with one attached hydrogen (secondary N) is 2. The van der Waals surface area contributed by atoms with Gasteiger partial charge in [0, 0.05) is 19.0 Å². The molecule has 0 aromatic heterocycles. The fourth-order valence-electron chi connectivity index (χ4n) is 2.69. The monoisotopic (exact) mass is 239 g/mol. The lowest BCUT2D eigenvalue weighted by Gasteiger charge is -2.37. The molecule has 0 aromatic carbocycles. The van der Waals surface area contributed by atoms with Crippen molar-refractivity contribution >= 4 is 11.8 Å². The second kappa shape index (κ2) is 5.49. The molecule has 2 saturated heterocycles. The summed E-state index contributed by atoms with van der Waals surface area (Å²) in [5.41, 5.74) is 0. The van der Waals surface area contributed by atoms with Crippen molar-refractivity contribution in [1.29, 1.82) is 0 Å². The predicted octanol–water partition coefficient (Wildman–Crippen LogP) is -0.277. The molecule has 17 heavy (non-hydrogen) atoms. The zero-order valence-corrected chi connectivity index (χ0v) is 10.4. The summed E-state index contributed by atoms with van der Waals surface area (Å²) in [5, 5.41) is 6.08. The largest absolute Gasteiger partial charge is 0.353 e. The molecule has 0 saturated carbocycles. The number of hydrogen-bond acceptors (Lipinski definition) is 3. The van der Waals surface area contributed by atoms with Crippen molar-refractivity contribution < 1.29 is 9.59 Å². The van der Waals surface area contributed by atoms with Gasteiger partial charge in [-0.3, -0.25) is 9.59 Å². The van der Waals surface area contributed by atoms with Crippen molar-refractivity contribution in [1.82, 2.24) is 15.5 Å². The van der Waals surface area contributed by atoms with Gasteiger partial charge < -0.3 is 15.5 Å². The number of piperidine rings is 1. The number of piperazine rings is 1. The number of hydrogen-bond donors (Lipinski definition) is 2. The second-order valence-electron chi connectivity index (χ2n) is 4.77. The van der Waals surface area contributed by atoms with Gasteiger partial charge in [-0.1, -0.05) is 6.92 Å². The highest BCUT2D eigenvalue weighted by atomic mass is 16.2. The highest BCUT2D eigenvalue weighted by molar-refractivity contribution is 5.89. The Hall–Kier alpha value is -1.10. The van der Waals surface area contributed by atoms with Gasteiger partial charge in [0.25, 0.3) is 0 Å². The Balaban J connectivity index is 2.03. The Kier molecular flexibility index (Phi) is 3.99. The molecule has 2 N–H and O–H groups in total. The van der Waals surface area contributed by atoms with Crippen LogP contribution < -0.4 is 10.6 Å². The molecule has 0 radical (unpaired) electrons. The molecule has 5 nitrogen and oxygen atoms in total. The zero-order chi connectivity index (χ0) is 12.3. The van der Waals surface area contributed by atoms with Crippen molar-refractivity contribution in [2.24, 2.45) is 5.92 Å². The fraction of sp³-hybridized carbons (Fsp3) is 0.833. The molecule has 0 aromatic rings. The van der Waals surface area contributed by atoms with E-state index in [2.05, 4.69) is 10.6 Å². The molecule has 2 heterocycles. The van der Waals surface area contributed by atoms with Crippen molar-refractivity contribution in [3.8, 4) is 0 Å². The molecule has 0 bridgehead atoms. The van der Waals surface area contributed by atoms with Crippen LogP contribution >= 0.6 is 0 Å². The van der Waals surface area contributed by atoms with E-state index in [9.17, 15) is 9.59 Å². The first-order valence-electron chi connectivity index (χ1n) is 6.53. The maximum absolute atomic E-state index is 12.4. The summed E-state index contributed by atoms with van der Waals surface area (Å²) in [6.07, 6.45) is 2.49. The van der Waals surface area contributed by atoms with E-state index in [1.807, 2.05) is 6.92 Å². The van der Waals surface area contributed by atoms with E-state index in [0.717, 1.165) is 25.9 Å². The van der Waals surface area contributed by atoms with E-state index >= 15 is 0 Å². The van der Waals surface area contributed by atoms with Crippen LogP contribution in [0.15, 0.2) is 0 Å². The molecule has 2 aliphatic heterocycles. The summed E-state index contributed by atoms with van der Waals surface area (Å²) in [5.74, 6) is 0.283. The van der Waals surface area contributed by atoms with E-state index in [0.29, 0.717) is 19.5 Å². The van der Waals surface area contributed by atoms with Crippen molar-refractivity contribution in [2.45, 2.75) is 32.2 Å². The third kappa shape index (κ3) is 2.60. The van der Waals surface area contributed by atoms with Crippen molar-refractivity contribution in [2.75, 3.05) is 26.2 Å². The SMILES string of the molecule is CC[C@@H]1C(=O)NCCN1C(=O)C1CCNCC1. The summed E-state index contributed by atoms with van der Waals surface area (Å²) < 4.78 is 0. The normalized spacial score (nSPS) is 26.8. The standard InChI is InChI=1S/C12H21N3O2/c1-2-10-11(16)14-7-8-15(10)12(17)9-3-5-13-6-4-9/h9-10,13H,2-8H2,1H3,(H,14,16)/t10-/m1/s1. The lowest BCUT2D eigenvalue weighted by molar-refractivity contribution is -0.147. The van der Waals surface area contributed by atoms with Gasteiger partial charge in [0.05, 0.1) is 0 Å². The molecule has 0 spiro atoms. The number of carbonyl (C=O) groups is 2. The van der Waals surface area contributed by atoms with Gasteiger partial charge in [-0.2, -0.15) is 0 Å². The molecule has 0 unspecified atom stereocenters. The third-order valence-corrected chi connectivity index (χ3v) is 3.69. The van der Waals surface area contributed by atoms with Crippen LogP contribution in [0.3, 0.4) is 0 Å². The molecule has 1 atom stereocenters. The first-order valence-corrected chi connectivity index (χ1v) is 6.53. The van der Waals surface area contributed by atoms with Gasteiger partial charge in [-0.25, -0.2) is 0 Å². The average Bonchev–Trinajstić information content (AvgIpc) is 2.38. The summed E-state index contributed by atoms with van der Waals surface area (Å²) in [6.45, 7) is 5.03. The lowest BCUT2D eigenvalue weighted by Crippen LogP contribution is -2.58. The van der Waals surface area contributed by atoms with Crippen LogP contribution in [-0.4, -0.2) is 48.9 Å². The first kappa shape index (κ1) is 12.4. The number of nitrogens with zero attached hydrogens (tertiary/aromatic N) is 1.